The lowest BCUT2D eigenvalue weighted by Gasteiger charge is -2.24. The molecule has 4 heteroatoms. The van der Waals surface area contributed by atoms with Crippen molar-refractivity contribution in [2.75, 3.05) is 5.01 Å². The Hall–Kier alpha value is -1.68. The second-order valence-corrected chi connectivity index (χ2v) is 6.69. The molecule has 1 heterocycles. The molecule has 1 aromatic rings. The predicted octanol–water partition coefficient (Wildman–Crippen LogP) is 4.03. The van der Waals surface area contributed by atoms with Crippen LogP contribution in [0.5, 0.6) is 0 Å². The van der Waals surface area contributed by atoms with E-state index in [4.69, 9.17) is 0 Å². The Bertz CT molecular complexity index is 570. The summed E-state index contributed by atoms with van der Waals surface area (Å²) in [4.78, 5) is 12.8. The van der Waals surface area contributed by atoms with Gasteiger partial charge in [0, 0.05) is 0 Å². The maximum absolute atomic E-state index is 12.8. The third kappa shape index (κ3) is 3.47. The molecule has 23 heavy (non-hydrogen) atoms. The Balaban J connectivity index is 1.83. The van der Waals surface area contributed by atoms with E-state index in [2.05, 4.69) is 5.10 Å². The summed E-state index contributed by atoms with van der Waals surface area (Å²) in [6.07, 6.45) is 10.3. The topological polar surface area (TPSA) is 52.9 Å². The minimum atomic E-state index is -1.39. The van der Waals surface area contributed by atoms with Gasteiger partial charge in [-0.3, -0.25) is 4.79 Å². The summed E-state index contributed by atoms with van der Waals surface area (Å²) in [5, 5.41) is 17.0. The van der Waals surface area contributed by atoms with Crippen molar-refractivity contribution in [2.24, 2.45) is 5.10 Å². The first kappa shape index (κ1) is 16.2. The van der Waals surface area contributed by atoms with Gasteiger partial charge in [0.2, 0.25) is 0 Å². The molecule has 0 spiro atoms. The van der Waals surface area contributed by atoms with Crippen LogP contribution in [0, 0.1) is 0 Å². The van der Waals surface area contributed by atoms with Gasteiger partial charge in [-0.2, -0.15) is 10.1 Å². The Morgan fingerprint density at radius 2 is 1.52 bits per heavy atom. The molecule has 124 valence electrons. The molecule has 1 atom stereocenters. The van der Waals surface area contributed by atoms with E-state index < -0.39 is 5.60 Å². The standard InChI is InChI=1S/C19H26N2O2/c22-18-19(23)15-11-6-4-2-1-3-5-10-14-17(19)20-21(18)16-12-8-7-9-13-16/h7-9,12-13,23H,1-6,10-11,14-15H2. The molecule has 1 aliphatic heterocycles. The largest absolute Gasteiger partial charge is 0.374 e. The maximum atomic E-state index is 12.8. The van der Waals surface area contributed by atoms with E-state index >= 15 is 0 Å². The number of hydrazone groups is 1. The molecule has 1 aliphatic carbocycles. The van der Waals surface area contributed by atoms with Crippen LogP contribution in [-0.4, -0.2) is 22.3 Å². The quantitative estimate of drug-likeness (QED) is 0.850. The molecule has 1 saturated carbocycles. The van der Waals surface area contributed by atoms with Gasteiger partial charge in [0.1, 0.15) is 0 Å². The molecule has 2 aliphatic rings. The summed E-state index contributed by atoms with van der Waals surface area (Å²) in [6, 6.07) is 9.41. The SMILES string of the molecule is O=C1N(c2ccccc2)N=C2CCCCCCCCCCC12O. The van der Waals surface area contributed by atoms with Crippen molar-refractivity contribution in [1.82, 2.24) is 0 Å². The van der Waals surface area contributed by atoms with Crippen molar-refractivity contribution in [3.63, 3.8) is 0 Å². The van der Waals surface area contributed by atoms with Crippen LogP contribution < -0.4 is 5.01 Å². The van der Waals surface area contributed by atoms with Gasteiger partial charge in [0.15, 0.2) is 5.60 Å². The lowest BCUT2D eigenvalue weighted by atomic mass is 9.87. The zero-order valence-electron chi connectivity index (χ0n) is 13.7. The van der Waals surface area contributed by atoms with E-state index in [9.17, 15) is 9.90 Å². The molecule has 1 fully saturated rings. The van der Waals surface area contributed by atoms with Gasteiger partial charge in [0.25, 0.3) is 5.91 Å². The van der Waals surface area contributed by atoms with Crippen LogP contribution in [0.1, 0.15) is 64.2 Å². The smallest absolute Gasteiger partial charge is 0.285 e. The zero-order valence-corrected chi connectivity index (χ0v) is 13.7. The highest BCUT2D eigenvalue weighted by Gasteiger charge is 2.49. The second-order valence-electron chi connectivity index (χ2n) is 6.69. The van der Waals surface area contributed by atoms with E-state index in [1.54, 1.807) is 0 Å². The van der Waals surface area contributed by atoms with Gasteiger partial charge < -0.3 is 5.11 Å². The lowest BCUT2D eigenvalue weighted by molar-refractivity contribution is -0.130. The number of benzene rings is 1. The van der Waals surface area contributed by atoms with Crippen molar-refractivity contribution < 1.29 is 9.90 Å². The molecule has 0 aromatic heterocycles. The van der Waals surface area contributed by atoms with Gasteiger partial charge in [-0.05, 0) is 37.8 Å². The Labute approximate surface area is 138 Å². The van der Waals surface area contributed by atoms with Gasteiger partial charge >= 0.3 is 0 Å². The summed E-state index contributed by atoms with van der Waals surface area (Å²) in [6.45, 7) is 0. The number of hydrogen-bond donors (Lipinski definition) is 1. The van der Waals surface area contributed by atoms with Gasteiger partial charge in [-0.15, -0.1) is 0 Å². The number of amides is 1. The Kier molecular flexibility index (Phi) is 5.11. The summed E-state index contributed by atoms with van der Waals surface area (Å²) in [5.41, 5.74) is -0.00291. The van der Waals surface area contributed by atoms with Gasteiger partial charge in [-0.1, -0.05) is 56.7 Å². The second kappa shape index (κ2) is 7.26. The van der Waals surface area contributed by atoms with Crippen molar-refractivity contribution in [3.05, 3.63) is 30.3 Å². The fourth-order valence-corrected chi connectivity index (χ4v) is 3.53. The first-order valence-corrected chi connectivity index (χ1v) is 8.92. The third-order valence-corrected chi connectivity index (χ3v) is 4.95. The molecule has 4 nitrogen and oxygen atoms in total. The van der Waals surface area contributed by atoms with Crippen LogP contribution in [0.2, 0.25) is 0 Å². The first-order valence-electron chi connectivity index (χ1n) is 8.92. The number of hydrogen-bond acceptors (Lipinski definition) is 3. The van der Waals surface area contributed by atoms with Crippen molar-refractivity contribution in [1.29, 1.82) is 0 Å². The number of carbonyl (C=O) groups is 1. The Morgan fingerprint density at radius 1 is 0.913 bits per heavy atom. The van der Waals surface area contributed by atoms with Crippen LogP contribution in [-0.2, 0) is 4.79 Å². The van der Waals surface area contributed by atoms with Crippen molar-refractivity contribution >= 4 is 17.3 Å². The Morgan fingerprint density at radius 3 is 2.22 bits per heavy atom. The van der Waals surface area contributed by atoms with Crippen LogP contribution in [0.3, 0.4) is 0 Å². The highest BCUT2D eigenvalue weighted by molar-refractivity contribution is 6.21. The summed E-state index contributed by atoms with van der Waals surface area (Å²) < 4.78 is 0. The number of para-hydroxylation sites is 1. The first-order chi connectivity index (χ1) is 11.2. The summed E-state index contributed by atoms with van der Waals surface area (Å²) in [5.74, 6) is -0.282. The highest BCUT2D eigenvalue weighted by atomic mass is 16.3. The molecule has 1 aromatic carbocycles. The molecule has 0 radical (unpaired) electrons. The average molecular weight is 314 g/mol. The van der Waals surface area contributed by atoms with E-state index in [-0.39, 0.29) is 5.91 Å². The van der Waals surface area contributed by atoms with Crippen LogP contribution >= 0.6 is 0 Å². The predicted molar refractivity (Wildman–Crippen MR) is 92.5 cm³/mol. The lowest BCUT2D eigenvalue weighted by Crippen LogP contribution is -2.46. The number of rotatable bonds is 1. The minimum absolute atomic E-state index is 0.282. The summed E-state index contributed by atoms with van der Waals surface area (Å²) >= 11 is 0. The normalized spacial score (nSPS) is 26.9. The van der Waals surface area contributed by atoms with E-state index in [1.807, 2.05) is 30.3 Å². The fraction of sp³-hybridized carbons (Fsp3) is 0.579. The van der Waals surface area contributed by atoms with E-state index in [0.717, 1.165) is 31.4 Å². The maximum Gasteiger partial charge on any atom is 0.285 e. The number of anilines is 1. The zero-order chi connectivity index (χ0) is 16.1. The van der Waals surface area contributed by atoms with Gasteiger partial charge in [0.05, 0.1) is 11.4 Å². The summed E-state index contributed by atoms with van der Waals surface area (Å²) in [7, 11) is 0. The highest BCUT2D eigenvalue weighted by Crippen LogP contribution is 2.32. The molecular formula is C19H26N2O2. The van der Waals surface area contributed by atoms with Crippen LogP contribution in [0.25, 0.3) is 0 Å². The monoisotopic (exact) mass is 314 g/mol. The minimum Gasteiger partial charge on any atom is -0.374 e. The molecule has 1 N–H and O–H groups in total. The van der Waals surface area contributed by atoms with E-state index in [0.29, 0.717) is 18.6 Å². The number of aliphatic hydroxyl groups is 1. The third-order valence-electron chi connectivity index (χ3n) is 4.95. The molecular weight excluding hydrogens is 288 g/mol. The molecule has 1 amide bonds. The van der Waals surface area contributed by atoms with Crippen molar-refractivity contribution in [2.45, 2.75) is 69.8 Å². The average Bonchev–Trinajstić information content (AvgIpc) is 2.81. The van der Waals surface area contributed by atoms with Gasteiger partial charge in [-0.25, -0.2) is 0 Å². The fourth-order valence-electron chi connectivity index (χ4n) is 3.53. The molecule has 3 rings (SSSR count). The molecule has 0 saturated heterocycles. The van der Waals surface area contributed by atoms with Crippen LogP contribution in [0.4, 0.5) is 5.69 Å². The molecule has 0 bridgehead atoms. The van der Waals surface area contributed by atoms with Crippen molar-refractivity contribution in [3.8, 4) is 0 Å². The number of carbonyl (C=O) groups excluding carboxylic acids is 1. The number of nitrogens with zero attached hydrogens (tertiary/aromatic N) is 2. The van der Waals surface area contributed by atoms with E-state index in [1.165, 1.54) is 30.7 Å². The van der Waals surface area contributed by atoms with Crippen LogP contribution in [0.15, 0.2) is 35.4 Å². The molecule has 1 unspecified atom stereocenters. The number of fused-ring (bicyclic) bond motifs is 1.